The first-order valence-corrected chi connectivity index (χ1v) is 5.26. The zero-order valence-electron chi connectivity index (χ0n) is 5.84. The molecule has 62 valence electrons. The normalized spacial score (nSPS) is 10.8. The highest BCUT2D eigenvalue weighted by atomic mass is 35.7. The van der Waals surface area contributed by atoms with Gasteiger partial charge in [-0.3, -0.25) is 5.10 Å². The van der Waals surface area contributed by atoms with Gasteiger partial charge in [-0.15, -0.1) is 0 Å². The van der Waals surface area contributed by atoms with E-state index in [0.717, 1.165) is 26.8 Å². The van der Waals surface area contributed by atoms with Gasteiger partial charge in [0.25, 0.3) is 0 Å². The maximum Gasteiger partial charge on any atom is 0.132 e. The molecular weight excluding hydrogens is 215 g/mol. The molecule has 0 amide bonds. The molecule has 0 saturated heterocycles. The van der Waals surface area contributed by atoms with Crippen molar-refractivity contribution in [1.29, 1.82) is 0 Å². The van der Waals surface area contributed by atoms with Gasteiger partial charge in [-0.2, -0.15) is 5.10 Å². The van der Waals surface area contributed by atoms with Crippen LogP contribution in [-0.2, 0) is 0 Å². The van der Waals surface area contributed by atoms with E-state index in [9.17, 15) is 0 Å². The molecule has 1 aromatic carbocycles. The molecule has 1 N–H and O–H groups in total. The molecule has 12 heavy (non-hydrogen) atoms. The van der Waals surface area contributed by atoms with Gasteiger partial charge in [-0.1, -0.05) is 17.7 Å². The number of rotatable bonds is 1. The number of H-pyrrole nitrogens is 1. The van der Waals surface area contributed by atoms with Gasteiger partial charge >= 0.3 is 0 Å². The van der Waals surface area contributed by atoms with Gasteiger partial charge in [-0.05, 0) is 33.8 Å². The number of hydrogen-bond donors (Lipinski definition) is 1. The van der Waals surface area contributed by atoms with Crippen molar-refractivity contribution in [2.24, 2.45) is 0 Å². The summed E-state index contributed by atoms with van der Waals surface area (Å²) < 4.78 is 0. The van der Waals surface area contributed by atoms with Gasteiger partial charge in [0.2, 0.25) is 0 Å². The summed E-state index contributed by atoms with van der Waals surface area (Å²) in [5.74, 6) is 0. The van der Waals surface area contributed by atoms with Gasteiger partial charge in [0.1, 0.15) is 10.7 Å². The van der Waals surface area contributed by atoms with E-state index in [1.165, 1.54) is 0 Å². The molecule has 0 fully saturated rings. The molecule has 0 unspecified atom stereocenters. The van der Waals surface area contributed by atoms with E-state index in [2.05, 4.69) is 10.2 Å². The number of para-hydroxylation sites is 1. The first kappa shape index (κ1) is 8.23. The van der Waals surface area contributed by atoms with Crippen LogP contribution in [0.15, 0.2) is 23.1 Å². The number of aromatic nitrogens is 2. The maximum atomic E-state index is 5.83. The highest BCUT2D eigenvalue weighted by Crippen LogP contribution is 2.31. The van der Waals surface area contributed by atoms with Crippen LogP contribution in [0.3, 0.4) is 0 Å². The van der Waals surface area contributed by atoms with Crippen molar-refractivity contribution in [3.05, 3.63) is 23.4 Å². The third-order valence-corrected chi connectivity index (χ3v) is 2.87. The van der Waals surface area contributed by atoms with Gasteiger partial charge in [-0.25, -0.2) is 0 Å². The fourth-order valence-corrected chi connectivity index (χ4v) is 1.97. The molecule has 0 radical (unpaired) electrons. The third-order valence-electron chi connectivity index (χ3n) is 1.58. The molecule has 0 aliphatic carbocycles. The molecule has 0 atom stereocenters. The predicted octanol–water partition coefficient (Wildman–Crippen LogP) is 3.46. The second-order valence-electron chi connectivity index (χ2n) is 2.27. The summed E-state index contributed by atoms with van der Waals surface area (Å²) >= 11 is 5.83. The lowest BCUT2D eigenvalue weighted by Gasteiger charge is -1.93. The van der Waals surface area contributed by atoms with Crippen LogP contribution >= 0.6 is 33.3 Å². The number of hydrogen-bond acceptors (Lipinski definition) is 2. The lowest BCUT2D eigenvalue weighted by molar-refractivity contribution is 1.11. The smallest absolute Gasteiger partial charge is 0.132 e. The van der Waals surface area contributed by atoms with Crippen molar-refractivity contribution in [2.75, 3.05) is 0 Å². The lowest BCUT2D eigenvalue weighted by atomic mass is 10.3. The summed E-state index contributed by atoms with van der Waals surface area (Å²) in [6, 6.07) is 5.70. The summed E-state index contributed by atoms with van der Waals surface area (Å²) in [7, 11) is 6.78. The number of halogens is 2. The Hall–Kier alpha value is -0.380. The third kappa shape index (κ3) is 1.18. The Bertz CT molecular complexity index is 413. The number of aromatic amines is 1. The quantitative estimate of drug-likeness (QED) is 0.795. The zero-order chi connectivity index (χ0) is 8.55. The minimum Gasteiger partial charge on any atom is -0.266 e. The molecular formula is C7H4Cl2N2S. The summed E-state index contributed by atoms with van der Waals surface area (Å²) in [6.07, 6.45) is 0. The van der Waals surface area contributed by atoms with Gasteiger partial charge in [0, 0.05) is 5.39 Å². The van der Waals surface area contributed by atoms with E-state index >= 15 is 0 Å². The number of benzene rings is 1. The Morgan fingerprint density at radius 3 is 3.00 bits per heavy atom. The maximum absolute atomic E-state index is 5.83. The van der Waals surface area contributed by atoms with E-state index in [0.29, 0.717) is 5.15 Å². The summed E-state index contributed by atoms with van der Waals surface area (Å²) in [6.45, 7) is 0. The SMILES string of the molecule is ClSc1cccc2c(Cl)[nH]nc12. The number of nitrogens with one attached hydrogen (secondary N) is 1. The second-order valence-corrected chi connectivity index (χ2v) is 3.70. The molecule has 1 heterocycles. The first-order chi connectivity index (χ1) is 5.83. The Morgan fingerprint density at radius 2 is 2.25 bits per heavy atom. The minimum absolute atomic E-state index is 0.553. The fraction of sp³-hybridized carbons (Fsp3) is 0. The molecule has 2 rings (SSSR count). The largest absolute Gasteiger partial charge is 0.266 e. The minimum atomic E-state index is 0.553. The molecule has 1 aromatic heterocycles. The number of nitrogens with zero attached hydrogens (tertiary/aromatic N) is 1. The Morgan fingerprint density at radius 1 is 1.42 bits per heavy atom. The van der Waals surface area contributed by atoms with E-state index < -0.39 is 0 Å². The molecule has 0 bridgehead atoms. The van der Waals surface area contributed by atoms with Crippen molar-refractivity contribution >= 4 is 44.2 Å². The van der Waals surface area contributed by atoms with E-state index in [1.54, 1.807) is 0 Å². The average Bonchev–Trinajstić information content (AvgIpc) is 2.48. The Kier molecular flexibility index (Phi) is 2.17. The van der Waals surface area contributed by atoms with Crippen LogP contribution in [0.2, 0.25) is 5.15 Å². The van der Waals surface area contributed by atoms with Crippen LogP contribution in [0.1, 0.15) is 0 Å². The molecule has 2 nitrogen and oxygen atoms in total. The Balaban J connectivity index is 2.81. The lowest BCUT2D eigenvalue weighted by Crippen LogP contribution is -1.71. The summed E-state index contributed by atoms with van der Waals surface area (Å²) in [5, 5.41) is 8.18. The van der Waals surface area contributed by atoms with Crippen molar-refractivity contribution in [3.63, 3.8) is 0 Å². The van der Waals surface area contributed by atoms with Crippen molar-refractivity contribution in [2.45, 2.75) is 4.90 Å². The molecule has 5 heteroatoms. The Labute approximate surface area is 82.7 Å². The topological polar surface area (TPSA) is 28.7 Å². The second kappa shape index (κ2) is 3.17. The van der Waals surface area contributed by atoms with Crippen LogP contribution in [-0.4, -0.2) is 10.2 Å². The van der Waals surface area contributed by atoms with E-state index in [1.807, 2.05) is 18.2 Å². The van der Waals surface area contributed by atoms with Gasteiger partial charge in [0.15, 0.2) is 0 Å². The van der Waals surface area contributed by atoms with Crippen LogP contribution in [0.4, 0.5) is 0 Å². The molecule has 0 aliphatic heterocycles. The molecule has 0 aliphatic rings. The van der Waals surface area contributed by atoms with Crippen LogP contribution in [0, 0.1) is 0 Å². The summed E-state index contributed by atoms with van der Waals surface area (Å²) in [5.41, 5.74) is 0.822. The van der Waals surface area contributed by atoms with Crippen molar-refractivity contribution in [3.8, 4) is 0 Å². The zero-order valence-corrected chi connectivity index (χ0v) is 8.17. The fourth-order valence-electron chi connectivity index (χ4n) is 1.04. The monoisotopic (exact) mass is 218 g/mol. The van der Waals surface area contributed by atoms with Crippen molar-refractivity contribution < 1.29 is 0 Å². The van der Waals surface area contributed by atoms with E-state index in [-0.39, 0.29) is 0 Å². The van der Waals surface area contributed by atoms with Crippen molar-refractivity contribution in [1.82, 2.24) is 10.2 Å². The highest BCUT2D eigenvalue weighted by molar-refractivity contribution is 8.21. The van der Waals surface area contributed by atoms with Crippen LogP contribution in [0.25, 0.3) is 10.9 Å². The first-order valence-electron chi connectivity index (χ1n) is 3.24. The standard InChI is InChI=1S/C7H4Cl2N2S/c8-7-4-2-1-3-5(12-9)6(4)10-11-7/h1-3H,(H,10,11). The van der Waals surface area contributed by atoms with Gasteiger partial charge in [0.05, 0.1) is 4.90 Å². The van der Waals surface area contributed by atoms with E-state index in [4.69, 9.17) is 22.3 Å². The van der Waals surface area contributed by atoms with Crippen LogP contribution in [0.5, 0.6) is 0 Å². The summed E-state index contributed by atoms with van der Waals surface area (Å²) in [4.78, 5) is 0.914. The predicted molar refractivity (Wildman–Crippen MR) is 52.8 cm³/mol. The molecule has 0 spiro atoms. The molecule has 0 saturated carbocycles. The number of fused-ring (bicyclic) bond motifs is 1. The molecule has 2 aromatic rings. The average molecular weight is 219 g/mol. The van der Waals surface area contributed by atoms with Gasteiger partial charge < -0.3 is 0 Å². The van der Waals surface area contributed by atoms with Crippen LogP contribution < -0.4 is 0 Å². The highest BCUT2D eigenvalue weighted by Gasteiger charge is 2.06.